The molecule has 2 aromatic carbocycles. The highest BCUT2D eigenvalue weighted by Gasteiger charge is 2.43. The average Bonchev–Trinajstić information content (AvgIpc) is 2.99. The summed E-state index contributed by atoms with van der Waals surface area (Å²) < 4.78 is 0. The molecule has 0 bridgehead atoms. The number of carbonyl (C=O) groups is 2. The van der Waals surface area contributed by atoms with Crippen LogP contribution in [-0.2, 0) is 4.79 Å². The minimum absolute atomic E-state index is 0.113. The summed E-state index contributed by atoms with van der Waals surface area (Å²) in [6.45, 7) is 4.41. The van der Waals surface area contributed by atoms with Gasteiger partial charge in [0.1, 0.15) is 5.75 Å². The highest BCUT2D eigenvalue weighted by molar-refractivity contribution is 6.11. The highest BCUT2D eigenvalue weighted by Crippen LogP contribution is 2.38. The van der Waals surface area contributed by atoms with Crippen molar-refractivity contribution in [3.8, 4) is 5.75 Å². The third-order valence-corrected chi connectivity index (χ3v) is 5.39. The SMILES string of the molecule is Cc1ccc(N2CC3=C(C2=O)[C@@H](c2ccc(O)cc2)NC(=O)N3C)cc1C. The predicted octanol–water partition coefficient (Wildman–Crippen LogP) is 3.01. The van der Waals surface area contributed by atoms with Gasteiger partial charge in [0, 0.05) is 12.7 Å². The number of nitrogens with zero attached hydrogens (tertiary/aromatic N) is 2. The van der Waals surface area contributed by atoms with Gasteiger partial charge in [-0.15, -0.1) is 0 Å². The second-order valence-electron chi connectivity index (χ2n) is 7.05. The van der Waals surface area contributed by atoms with Gasteiger partial charge in [-0.3, -0.25) is 9.69 Å². The van der Waals surface area contributed by atoms with Gasteiger partial charge in [-0.1, -0.05) is 18.2 Å². The Bertz CT molecular complexity index is 979. The van der Waals surface area contributed by atoms with Crippen molar-refractivity contribution in [2.75, 3.05) is 18.5 Å². The number of hydrogen-bond donors (Lipinski definition) is 2. The van der Waals surface area contributed by atoms with Gasteiger partial charge in [-0.05, 0) is 54.8 Å². The lowest BCUT2D eigenvalue weighted by Gasteiger charge is -2.31. The molecule has 0 aromatic heterocycles. The molecular formula is C21H21N3O3. The summed E-state index contributed by atoms with van der Waals surface area (Å²) in [4.78, 5) is 28.9. The zero-order valence-corrected chi connectivity index (χ0v) is 15.5. The summed E-state index contributed by atoms with van der Waals surface area (Å²) in [7, 11) is 1.68. The molecule has 0 saturated heterocycles. The molecule has 4 rings (SSSR count). The maximum absolute atomic E-state index is 13.3. The first-order chi connectivity index (χ1) is 12.9. The fourth-order valence-corrected chi connectivity index (χ4v) is 3.59. The van der Waals surface area contributed by atoms with E-state index in [1.165, 1.54) is 10.5 Å². The van der Waals surface area contributed by atoms with Crippen LogP contribution >= 0.6 is 0 Å². The number of aryl methyl sites for hydroxylation is 2. The second-order valence-corrected chi connectivity index (χ2v) is 7.05. The molecular weight excluding hydrogens is 342 g/mol. The van der Waals surface area contributed by atoms with Crippen molar-refractivity contribution in [3.63, 3.8) is 0 Å². The minimum atomic E-state index is -0.534. The molecule has 6 nitrogen and oxygen atoms in total. The van der Waals surface area contributed by atoms with Crippen LogP contribution in [0.3, 0.4) is 0 Å². The summed E-state index contributed by atoms with van der Waals surface area (Å²) in [5.41, 5.74) is 5.14. The summed E-state index contributed by atoms with van der Waals surface area (Å²) in [5, 5.41) is 12.4. The number of amides is 3. The van der Waals surface area contributed by atoms with E-state index in [4.69, 9.17) is 0 Å². The van der Waals surface area contributed by atoms with Crippen LogP contribution in [0.2, 0.25) is 0 Å². The Morgan fingerprint density at radius 2 is 1.74 bits per heavy atom. The minimum Gasteiger partial charge on any atom is -0.508 e. The number of hydrogen-bond acceptors (Lipinski definition) is 3. The molecule has 2 aliphatic heterocycles. The lowest BCUT2D eigenvalue weighted by atomic mass is 9.95. The van der Waals surface area contributed by atoms with Crippen LogP contribution in [0.25, 0.3) is 0 Å². The fourth-order valence-electron chi connectivity index (χ4n) is 3.59. The molecule has 0 saturated carbocycles. The Hall–Kier alpha value is -3.28. The van der Waals surface area contributed by atoms with E-state index >= 15 is 0 Å². The van der Waals surface area contributed by atoms with Crippen molar-refractivity contribution in [2.24, 2.45) is 0 Å². The Morgan fingerprint density at radius 1 is 1.04 bits per heavy atom. The molecule has 6 heteroatoms. The quantitative estimate of drug-likeness (QED) is 0.861. The van der Waals surface area contributed by atoms with Crippen molar-refractivity contribution in [3.05, 3.63) is 70.4 Å². The van der Waals surface area contributed by atoms with Crippen LogP contribution in [0.5, 0.6) is 5.75 Å². The van der Waals surface area contributed by atoms with Crippen LogP contribution in [0.4, 0.5) is 10.5 Å². The molecule has 3 amide bonds. The fraction of sp³-hybridized carbons (Fsp3) is 0.238. The summed E-state index contributed by atoms with van der Waals surface area (Å²) in [6.07, 6.45) is 0. The van der Waals surface area contributed by atoms with E-state index in [0.717, 1.165) is 16.8 Å². The molecule has 0 fully saturated rings. The molecule has 138 valence electrons. The molecule has 27 heavy (non-hydrogen) atoms. The molecule has 2 aliphatic rings. The van der Waals surface area contributed by atoms with E-state index in [2.05, 4.69) is 5.32 Å². The molecule has 1 atom stereocenters. The first-order valence-corrected chi connectivity index (χ1v) is 8.82. The lowest BCUT2D eigenvalue weighted by Crippen LogP contribution is -2.45. The molecule has 0 aliphatic carbocycles. The maximum Gasteiger partial charge on any atom is 0.322 e. The Balaban J connectivity index is 1.76. The summed E-state index contributed by atoms with van der Waals surface area (Å²) in [6, 6.07) is 11.7. The van der Waals surface area contributed by atoms with Crippen molar-refractivity contribution in [1.29, 1.82) is 0 Å². The number of urea groups is 1. The Kier molecular flexibility index (Phi) is 3.91. The predicted molar refractivity (Wildman–Crippen MR) is 102 cm³/mol. The highest BCUT2D eigenvalue weighted by atomic mass is 16.3. The van der Waals surface area contributed by atoms with Gasteiger partial charge < -0.3 is 15.3 Å². The topological polar surface area (TPSA) is 72.9 Å². The van der Waals surface area contributed by atoms with Crippen LogP contribution < -0.4 is 10.2 Å². The number of likely N-dealkylation sites (N-methyl/N-ethyl adjacent to an activating group) is 1. The standard InChI is InChI=1S/C21H21N3O3/c1-12-4-7-15(10-13(12)2)24-11-17-18(20(24)26)19(22-21(27)23(17)3)14-5-8-16(25)9-6-14/h4-10,19,25H,11H2,1-3H3,(H,22,27)/t19-/m1/s1. The summed E-state index contributed by atoms with van der Waals surface area (Å²) >= 11 is 0. The van der Waals surface area contributed by atoms with Crippen molar-refractivity contribution in [1.82, 2.24) is 10.2 Å². The first-order valence-electron chi connectivity index (χ1n) is 8.82. The Morgan fingerprint density at radius 3 is 2.41 bits per heavy atom. The first kappa shape index (κ1) is 17.1. The number of benzene rings is 2. The number of carbonyl (C=O) groups excluding carboxylic acids is 2. The van der Waals surface area contributed by atoms with Crippen LogP contribution in [0.1, 0.15) is 22.7 Å². The monoisotopic (exact) mass is 363 g/mol. The van der Waals surface area contributed by atoms with Crippen LogP contribution in [-0.4, -0.2) is 35.5 Å². The largest absolute Gasteiger partial charge is 0.508 e. The normalized spacial score (nSPS) is 19.4. The zero-order valence-electron chi connectivity index (χ0n) is 15.5. The van der Waals surface area contributed by atoms with Gasteiger partial charge in [0.25, 0.3) is 5.91 Å². The van der Waals surface area contributed by atoms with Crippen molar-refractivity contribution >= 4 is 17.6 Å². The van der Waals surface area contributed by atoms with E-state index in [0.29, 0.717) is 17.8 Å². The van der Waals surface area contributed by atoms with E-state index < -0.39 is 6.04 Å². The molecule has 2 N–H and O–H groups in total. The zero-order chi connectivity index (χ0) is 19.3. The summed E-state index contributed by atoms with van der Waals surface area (Å²) in [5.74, 6) is 0.0277. The smallest absolute Gasteiger partial charge is 0.322 e. The Labute approximate surface area is 157 Å². The van der Waals surface area contributed by atoms with E-state index in [-0.39, 0.29) is 17.7 Å². The van der Waals surface area contributed by atoms with Gasteiger partial charge in [0.05, 0.1) is 23.9 Å². The molecule has 2 heterocycles. The van der Waals surface area contributed by atoms with E-state index in [1.54, 1.807) is 36.2 Å². The molecule has 0 radical (unpaired) electrons. The maximum atomic E-state index is 13.3. The third kappa shape index (κ3) is 2.73. The van der Waals surface area contributed by atoms with Crippen molar-refractivity contribution < 1.29 is 14.7 Å². The number of phenolic OH excluding ortho intramolecular Hbond substituents is 1. The van der Waals surface area contributed by atoms with Crippen LogP contribution in [0, 0.1) is 13.8 Å². The lowest BCUT2D eigenvalue weighted by molar-refractivity contribution is -0.114. The second kappa shape index (κ2) is 6.16. The van der Waals surface area contributed by atoms with Crippen LogP contribution in [0.15, 0.2) is 53.7 Å². The van der Waals surface area contributed by atoms with Gasteiger partial charge in [-0.25, -0.2) is 4.79 Å². The number of phenols is 1. The van der Waals surface area contributed by atoms with E-state index in [9.17, 15) is 14.7 Å². The number of rotatable bonds is 2. The third-order valence-electron chi connectivity index (χ3n) is 5.39. The van der Waals surface area contributed by atoms with Gasteiger partial charge >= 0.3 is 6.03 Å². The molecule has 2 aromatic rings. The van der Waals surface area contributed by atoms with Crippen molar-refractivity contribution in [2.45, 2.75) is 19.9 Å². The van der Waals surface area contributed by atoms with Gasteiger partial charge in [-0.2, -0.15) is 0 Å². The number of aromatic hydroxyl groups is 1. The molecule has 0 spiro atoms. The van der Waals surface area contributed by atoms with Gasteiger partial charge in [0.15, 0.2) is 0 Å². The van der Waals surface area contributed by atoms with E-state index in [1.807, 2.05) is 32.0 Å². The number of nitrogens with one attached hydrogen (secondary N) is 1. The number of anilines is 1. The average molecular weight is 363 g/mol. The molecule has 0 unspecified atom stereocenters. The van der Waals surface area contributed by atoms with Gasteiger partial charge in [0.2, 0.25) is 0 Å².